The fourth-order valence-electron chi connectivity index (χ4n) is 4.33. The van der Waals surface area contributed by atoms with Gasteiger partial charge in [0.05, 0.1) is 5.41 Å². The Kier molecular flexibility index (Phi) is 5.24. The average Bonchev–Trinajstić information content (AvgIpc) is 3.06. The molecule has 2 aliphatic rings. The van der Waals surface area contributed by atoms with Crippen LogP contribution in [0.2, 0.25) is 0 Å². The molecule has 0 radical (unpaired) electrons. The average molecular weight is 332 g/mol. The number of hydrogen-bond donors (Lipinski definition) is 0. The van der Waals surface area contributed by atoms with Crippen molar-refractivity contribution in [2.75, 3.05) is 32.7 Å². The van der Waals surface area contributed by atoms with Crippen molar-refractivity contribution in [2.24, 2.45) is 5.92 Å². The van der Waals surface area contributed by atoms with E-state index >= 15 is 0 Å². The van der Waals surface area contributed by atoms with Gasteiger partial charge in [-0.3, -0.25) is 9.69 Å². The number of benzene rings is 1. The van der Waals surface area contributed by atoms with Crippen LogP contribution < -0.4 is 0 Å². The Morgan fingerprint density at radius 1 is 1.08 bits per heavy atom. The maximum Gasteiger partial charge on any atom is 0.233 e. The second-order valence-corrected chi connectivity index (χ2v) is 7.78. The van der Waals surface area contributed by atoms with Gasteiger partial charge in [-0.2, -0.15) is 0 Å². The van der Waals surface area contributed by atoms with Crippen LogP contribution in [0.5, 0.6) is 0 Å². The number of amides is 1. The molecule has 0 aromatic heterocycles. The molecule has 0 unspecified atom stereocenters. The van der Waals surface area contributed by atoms with Crippen molar-refractivity contribution in [3.05, 3.63) is 35.6 Å². The van der Waals surface area contributed by atoms with Crippen molar-refractivity contribution in [3.63, 3.8) is 0 Å². The lowest BCUT2D eigenvalue weighted by molar-refractivity contribution is -0.139. The van der Waals surface area contributed by atoms with E-state index in [1.165, 1.54) is 12.1 Å². The van der Waals surface area contributed by atoms with Crippen molar-refractivity contribution in [1.82, 2.24) is 9.80 Å². The van der Waals surface area contributed by atoms with Gasteiger partial charge >= 0.3 is 0 Å². The molecule has 1 aromatic carbocycles. The van der Waals surface area contributed by atoms with E-state index in [1.807, 2.05) is 17.0 Å². The summed E-state index contributed by atoms with van der Waals surface area (Å²) in [6.07, 6.45) is 3.94. The molecule has 24 heavy (non-hydrogen) atoms. The summed E-state index contributed by atoms with van der Waals surface area (Å²) in [5, 5.41) is 0. The number of rotatable bonds is 4. The quantitative estimate of drug-likeness (QED) is 0.843. The lowest BCUT2D eigenvalue weighted by Crippen LogP contribution is -2.54. The SMILES string of the molecule is CC(C)CN1CCN(C(=O)C2(c3ccc(F)cc3)CCCC2)CC1. The molecule has 3 rings (SSSR count). The van der Waals surface area contributed by atoms with Gasteiger partial charge < -0.3 is 4.90 Å². The normalized spacial score (nSPS) is 21.4. The zero-order valence-electron chi connectivity index (χ0n) is 14.9. The molecule has 0 N–H and O–H groups in total. The smallest absolute Gasteiger partial charge is 0.233 e. The summed E-state index contributed by atoms with van der Waals surface area (Å²) in [7, 11) is 0. The molecule has 1 aromatic rings. The van der Waals surface area contributed by atoms with Gasteiger partial charge in [-0.05, 0) is 36.5 Å². The summed E-state index contributed by atoms with van der Waals surface area (Å²) in [4.78, 5) is 17.8. The first-order valence-electron chi connectivity index (χ1n) is 9.29. The molecular weight excluding hydrogens is 303 g/mol. The van der Waals surface area contributed by atoms with Crippen molar-refractivity contribution in [3.8, 4) is 0 Å². The highest BCUT2D eigenvalue weighted by Gasteiger charge is 2.45. The van der Waals surface area contributed by atoms with Crippen LogP contribution in [-0.2, 0) is 10.2 Å². The number of piperazine rings is 1. The zero-order chi connectivity index (χ0) is 17.2. The molecule has 132 valence electrons. The van der Waals surface area contributed by atoms with Crippen LogP contribution in [0.3, 0.4) is 0 Å². The van der Waals surface area contributed by atoms with Crippen LogP contribution in [0.25, 0.3) is 0 Å². The van der Waals surface area contributed by atoms with Crippen molar-refractivity contribution in [2.45, 2.75) is 44.9 Å². The van der Waals surface area contributed by atoms with E-state index in [2.05, 4.69) is 18.7 Å². The molecule has 1 aliphatic heterocycles. The summed E-state index contributed by atoms with van der Waals surface area (Å²) >= 11 is 0. The summed E-state index contributed by atoms with van der Waals surface area (Å²) < 4.78 is 13.3. The number of carbonyl (C=O) groups is 1. The van der Waals surface area contributed by atoms with E-state index in [0.29, 0.717) is 5.92 Å². The predicted molar refractivity (Wildman–Crippen MR) is 94.4 cm³/mol. The molecule has 1 saturated heterocycles. The maximum atomic E-state index is 13.4. The first-order chi connectivity index (χ1) is 11.5. The molecule has 1 saturated carbocycles. The lowest BCUT2D eigenvalue weighted by Gasteiger charge is -2.40. The Morgan fingerprint density at radius 2 is 1.67 bits per heavy atom. The Balaban J connectivity index is 1.73. The van der Waals surface area contributed by atoms with Gasteiger partial charge in [0.15, 0.2) is 0 Å². The number of halogens is 1. The fraction of sp³-hybridized carbons (Fsp3) is 0.650. The molecule has 4 heteroatoms. The molecule has 1 aliphatic carbocycles. The topological polar surface area (TPSA) is 23.6 Å². The summed E-state index contributed by atoms with van der Waals surface area (Å²) in [5.74, 6) is 0.685. The Bertz CT molecular complexity index is 556. The van der Waals surface area contributed by atoms with E-state index in [1.54, 1.807) is 0 Å². The molecule has 0 atom stereocenters. The largest absolute Gasteiger partial charge is 0.339 e. The lowest BCUT2D eigenvalue weighted by atomic mass is 9.77. The Hall–Kier alpha value is -1.42. The van der Waals surface area contributed by atoms with Gasteiger partial charge in [-0.25, -0.2) is 4.39 Å². The predicted octanol–water partition coefficient (Wildman–Crippen LogP) is 3.44. The molecule has 1 amide bonds. The van der Waals surface area contributed by atoms with Crippen LogP contribution in [0.4, 0.5) is 4.39 Å². The standard InChI is InChI=1S/C20H29FN2O/c1-16(2)15-22-11-13-23(14-12-22)19(24)20(9-3-4-10-20)17-5-7-18(21)8-6-17/h5-8,16H,3-4,9-15H2,1-2H3. The van der Waals surface area contributed by atoms with Crippen LogP contribution in [-0.4, -0.2) is 48.4 Å². The van der Waals surface area contributed by atoms with E-state index in [9.17, 15) is 9.18 Å². The molecule has 0 spiro atoms. The minimum absolute atomic E-state index is 0.235. The zero-order valence-corrected chi connectivity index (χ0v) is 14.9. The van der Waals surface area contributed by atoms with Gasteiger partial charge in [-0.1, -0.05) is 38.8 Å². The first-order valence-corrected chi connectivity index (χ1v) is 9.29. The van der Waals surface area contributed by atoms with Crippen LogP contribution in [0.15, 0.2) is 24.3 Å². The molecule has 0 bridgehead atoms. The van der Waals surface area contributed by atoms with Gasteiger partial charge in [0.25, 0.3) is 0 Å². The van der Waals surface area contributed by atoms with E-state index in [0.717, 1.165) is 64.0 Å². The summed E-state index contributed by atoms with van der Waals surface area (Å²) in [5.41, 5.74) is 0.574. The molecule has 1 heterocycles. The van der Waals surface area contributed by atoms with Gasteiger partial charge in [-0.15, -0.1) is 0 Å². The van der Waals surface area contributed by atoms with Crippen molar-refractivity contribution in [1.29, 1.82) is 0 Å². The highest BCUT2D eigenvalue weighted by molar-refractivity contribution is 5.88. The third-order valence-corrected chi connectivity index (χ3v) is 5.55. The van der Waals surface area contributed by atoms with Crippen LogP contribution >= 0.6 is 0 Å². The van der Waals surface area contributed by atoms with Crippen LogP contribution in [0.1, 0.15) is 45.1 Å². The molecule has 3 nitrogen and oxygen atoms in total. The Morgan fingerprint density at radius 3 is 2.21 bits per heavy atom. The van der Waals surface area contributed by atoms with Gasteiger partial charge in [0, 0.05) is 32.7 Å². The van der Waals surface area contributed by atoms with Crippen LogP contribution in [0, 0.1) is 11.7 Å². The minimum atomic E-state index is -0.423. The van der Waals surface area contributed by atoms with Crippen molar-refractivity contribution >= 4 is 5.91 Å². The fourth-order valence-corrected chi connectivity index (χ4v) is 4.33. The highest BCUT2D eigenvalue weighted by Crippen LogP contribution is 2.42. The van der Waals surface area contributed by atoms with Gasteiger partial charge in [0.1, 0.15) is 5.82 Å². The third-order valence-electron chi connectivity index (χ3n) is 5.55. The third kappa shape index (κ3) is 3.49. The van der Waals surface area contributed by atoms with E-state index in [-0.39, 0.29) is 11.7 Å². The summed E-state index contributed by atoms with van der Waals surface area (Å²) in [6, 6.07) is 6.60. The number of nitrogens with zero attached hydrogens (tertiary/aromatic N) is 2. The highest BCUT2D eigenvalue weighted by atomic mass is 19.1. The number of hydrogen-bond acceptors (Lipinski definition) is 2. The molecular formula is C20H29FN2O. The first kappa shape index (κ1) is 17.4. The second-order valence-electron chi connectivity index (χ2n) is 7.78. The maximum absolute atomic E-state index is 13.4. The van der Waals surface area contributed by atoms with E-state index in [4.69, 9.17) is 0 Å². The molecule has 2 fully saturated rings. The summed E-state index contributed by atoms with van der Waals surface area (Å²) in [6.45, 7) is 9.13. The number of carbonyl (C=O) groups excluding carboxylic acids is 1. The monoisotopic (exact) mass is 332 g/mol. The second kappa shape index (κ2) is 7.22. The minimum Gasteiger partial charge on any atom is -0.339 e. The van der Waals surface area contributed by atoms with Crippen molar-refractivity contribution < 1.29 is 9.18 Å². The Labute approximate surface area is 144 Å². The van der Waals surface area contributed by atoms with Gasteiger partial charge in [0.2, 0.25) is 5.91 Å². The van der Waals surface area contributed by atoms with E-state index < -0.39 is 5.41 Å².